The van der Waals surface area contributed by atoms with Gasteiger partial charge >= 0.3 is 0 Å². The number of rotatable bonds is 8. The summed E-state index contributed by atoms with van der Waals surface area (Å²) >= 11 is 0. The average Bonchev–Trinajstić information content (AvgIpc) is 2.22. The van der Waals surface area contributed by atoms with Crippen LogP contribution in [0.25, 0.3) is 0 Å². The van der Waals surface area contributed by atoms with Crippen molar-refractivity contribution in [2.24, 2.45) is 5.92 Å². The van der Waals surface area contributed by atoms with Crippen molar-refractivity contribution in [1.82, 2.24) is 5.32 Å². The molecule has 0 heterocycles. The molecule has 0 fully saturated rings. The topological polar surface area (TPSA) is 29.1 Å². The molecule has 0 aliphatic carbocycles. The first-order chi connectivity index (χ1) is 6.76. The molecule has 0 aliphatic rings. The first-order valence-corrected chi connectivity index (χ1v) is 5.97. The summed E-state index contributed by atoms with van der Waals surface area (Å²) in [7, 11) is 1.72. The fraction of sp³-hybridized carbons (Fsp3) is 0.917. The van der Waals surface area contributed by atoms with E-state index in [1.807, 2.05) is 0 Å². The first-order valence-electron chi connectivity index (χ1n) is 5.97. The van der Waals surface area contributed by atoms with Crippen molar-refractivity contribution in [3.05, 3.63) is 0 Å². The van der Waals surface area contributed by atoms with Crippen LogP contribution < -0.4 is 5.32 Å². The van der Waals surface area contributed by atoms with Gasteiger partial charge in [-0.05, 0) is 12.8 Å². The molecule has 14 heavy (non-hydrogen) atoms. The smallest absolute Gasteiger partial charge is 0.222 e. The Morgan fingerprint density at radius 3 is 2.29 bits per heavy atom. The maximum absolute atomic E-state index is 11.4. The predicted octanol–water partition coefficient (Wildman–Crippen LogP) is 3.12. The van der Waals surface area contributed by atoms with Crippen LogP contribution in [0.1, 0.15) is 58.8 Å². The molecule has 2 nitrogen and oxygen atoms in total. The third kappa shape index (κ3) is 6.01. The Morgan fingerprint density at radius 1 is 1.14 bits per heavy atom. The average molecular weight is 199 g/mol. The minimum Gasteiger partial charge on any atom is -0.359 e. The zero-order valence-corrected chi connectivity index (χ0v) is 9.94. The van der Waals surface area contributed by atoms with Gasteiger partial charge in [0.05, 0.1) is 0 Å². The number of hydrogen-bond acceptors (Lipinski definition) is 1. The summed E-state index contributed by atoms with van der Waals surface area (Å²) in [5, 5.41) is 2.73. The largest absolute Gasteiger partial charge is 0.359 e. The van der Waals surface area contributed by atoms with Crippen molar-refractivity contribution in [3.63, 3.8) is 0 Å². The highest BCUT2D eigenvalue weighted by Gasteiger charge is 2.13. The van der Waals surface area contributed by atoms with Gasteiger partial charge in [-0.3, -0.25) is 4.79 Å². The van der Waals surface area contributed by atoms with Crippen LogP contribution in [0, 0.1) is 5.92 Å². The van der Waals surface area contributed by atoms with E-state index < -0.39 is 0 Å². The van der Waals surface area contributed by atoms with E-state index in [-0.39, 0.29) is 11.8 Å². The molecule has 1 amide bonds. The van der Waals surface area contributed by atoms with Crippen molar-refractivity contribution in [1.29, 1.82) is 0 Å². The van der Waals surface area contributed by atoms with Crippen molar-refractivity contribution in [2.45, 2.75) is 58.8 Å². The van der Waals surface area contributed by atoms with Crippen LogP contribution in [0.4, 0.5) is 0 Å². The number of carbonyl (C=O) groups excluding carboxylic acids is 1. The molecule has 0 spiro atoms. The minimum absolute atomic E-state index is 0.211. The van der Waals surface area contributed by atoms with Gasteiger partial charge in [0.25, 0.3) is 0 Å². The van der Waals surface area contributed by atoms with Crippen molar-refractivity contribution >= 4 is 5.91 Å². The van der Waals surface area contributed by atoms with Gasteiger partial charge in [0.15, 0.2) is 0 Å². The van der Waals surface area contributed by atoms with Crippen LogP contribution in [0.15, 0.2) is 0 Å². The van der Waals surface area contributed by atoms with Gasteiger partial charge in [-0.1, -0.05) is 46.0 Å². The Bertz CT molecular complexity index is 145. The summed E-state index contributed by atoms with van der Waals surface area (Å²) in [4.78, 5) is 11.4. The molecule has 0 bridgehead atoms. The number of hydrogen-bond donors (Lipinski definition) is 1. The standard InChI is InChI=1S/C12H25NO/c1-4-6-7-8-9-10-11(5-2)12(14)13-3/h11H,4-10H2,1-3H3,(H,13,14). The van der Waals surface area contributed by atoms with E-state index in [2.05, 4.69) is 19.2 Å². The molecule has 0 aromatic carbocycles. The summed E-state index contributed by atoms with van der Waals surface area (Å²) in [6.07, 6.45) is 8.44. The van der Waals surface area contributed by atoms with E-state index in [1.165, 1.54) is 32.1 Å². The lowest BCUT2D eigenvalue weighted by Crippen LogP contribution is -2.26. The minimum atomic E-state index is 0.211. The Morgan fingerprint density at radius 2 is 1.79 bits per heavy atom. The van der Waals surface area contributed by atoms with E-state index >= 15 is 0 Å². The molecule has 1 atom stereocenters. The molecule has 0 aromatic heterocycles. The van der Waals surface area contributed by atoms with Crippen molar-refractivity contribution < 1.29 is 4.79 Å². The second kappa shape index (κ2) is 9.04. The summed E-state index contributed by atoms with van der Waals surface area (Å²) in [6.45, 7) is 4.31. The lowest BCUT2D eigenvalue weighted by molar-refractivity contribution is -0.124. The van der Waals surface area contributed by atoms with E-state index in [9.17, 15) is 4.79 Å². The third-order valence-electron chi connectivity index (χ3n) is 2.77. The predicted molar refractivity (Wildman–Crippen MR) is 61.2 cm³/mol. The van der Waals surface area contributed by atoms with Crippen LogP contribution in [0.2, 0.25) is 0 Å². The summed E-state index contributed by atoms with van der Waals surface area (Å²) in [6, 6.07) is 0. The molecule has 84 valence electrons. The molecule has 2 heteroatoms. The Labute approximate surface area is 88.5 Å². The Hall–Kier alpha value is -0.530. The van der Waals surface area contributed by atoms with E-state index in [1.54, 1.807) is 7.05 Å². The highest BCUT2D eigenvalue weighted by Crippen LogP contribution is 2.14. The lowest BCUT2D eigenvalue weighted by Gasteiger charge is -2.12. The Kier molecular flexibility index (Phi) is 8.70. The van der Waals surface area contributed by atoms with Gasteiger partial charge in [0, 0.05) is 13.0 Å². The third-order valence-corrected chi connectivity index (χ3v) is 2.77. The maximum Gasteiger partial charge on any atom is 0.222 e. The highest BCUT2D eigenvalue weighted by molar-refractivity contribution is 5.78. The molecule has 1 N–H and O–H groups in total. The second-order valence-corrected chi connectivity index (χ2v) is 3.92. The van der Waals surface area contributed by atoms with Gasteiger partial charge in [0.2, 0.25) is 5.91 Å². The number of unbranched alkanes of at least 4 members (excludes halogenated alkanes) is 4. The molecular formula is C12H25NO. The SMILES string of the molecule is CCCCCCCC(CC)C(=O)NC. The molecule has 1 unspecified atom stereocenters. The van der Waals surface area contributed by atoms with Crippen LogP contribution in [0.3, 0.4) is 0 Å². The van der Waals surface area contributed by atoms with E-state index in [4.69, 9.17) is 0 Å². The van der Waals surface area contributed by atoms with Crippen molar-refractivity contribution in [2.75, 3.05) is 7.05 Å². The molecule has 0 aliphatic heterocycles. The molecule has 0 saturated carbocycles. The molecule has 0 saturated heterocycles. The van der Waals surface area contributed by atoms with Gasteiger partial charge in [-0.25, -0.2) is 0 Å². The van der Waals surface area contributed by atoms with E-state index in [0.29, 0.717) is 0 Å². The lowest BCUT2D eigenvalue weighted by atomic mass is 9.97. The summed E-state index contributed by atoms with van der Waals surface area (Å²) < 4.78 is 0. The zero-order chi connectivity index (χ0) is 10.8. The van der Waals surface area contributed by atoms with Crippen LogP contribution in [-0.2, 0) is 4.79 Å². The van der Waals surface area contributed by atoms with Crippen LogP contribution in [-0.4, -0.2) is 13.0 Å². The van der Waals surface area contributed by atoms with Crippen molar-refractivity contribution in [3.8, 4) is 0 Å². The number of amides is 1. The quantitative estimate of drug-likeness (QED) is 0.598. The zero-order valence-electron chi connectivity index (χ0n) is 9.94. The highest BCUT2D eigenvalue weighted by atomic mass is 16.1. The molecule has 0 aromatic rings. The second-order valence-electron chi connectivity index (χ2n) is 3.92. The maximum atomic E-state index is 11.4. The van der Waals surface area contributed by atoms with Gasteiger partial charge in [-0.15, -0.1) is 0 Å². The van der Waals surface area contributed by atoms with Gasteiger partial charge < -0.3 is 5.32 Å². The fourth-order valence-electron chi connectivity index (χ4n) is 1.72. The molecule has 0 radical (unpaired) electrons. The summed E-state index contributed by atoms with van der Waals surface area (Å²) in [5.74, 6) is 0.449. The van der Waals surface area contributed by atoms with Gasteiger partial charge in [-0.2, -0.15) is 0 Å². The number of carbonyl (C=O) groups is 1. The van der Waals surface area contributed by atoms with Crippen LogP contribution >= 0.6 is 0 Å². The van der Waals surface area contributed by atoms with Crippen LogP contribution in [0.5, 0.6) is 0 Å². The molecular weight excluding hydrogens is 174 g/mol. The van der Waals surface area contributed by atoms with Gasteiger partial charge in [0.1, 0.15) is 0 Å². The first kappa shape index (κ1) is 13.5. The normalized spacial score (nSPS) is 12.5. The summed E-state index contributed by atoms with van der Waals surface area (Å²) in [5.41, 5.74) is 0. The number of nitrogens with one attached hydrogen (secondary N) is 1. The fourth-order valence-corrected chi connectivity index (χ4v) is 1.72. The Balaban J connectivity index is 3.48. The monoisotopic (exact) mass is 199 g/mol. The van der Waals surface area contributed by atoms with E-state index in [0.717, 1.165) is 12.8 Å². The molecule has 0 rings (SSSR count).